The number of aryl methyl sites for hydroxylation is 1. The van der Waals surface area contributed by atoms with Gasteiger partial charge in [0, 0.05) is 31.1 Å². The fourth-order valence-electron chi connectivity index (χ4n) is 4.05. The maximum Gasteiger partial charge on any atom is 0.273 e. The van der Waals surface area contributed by atoms with E-state index in [1.54, 1.807) is 23.1 Å². The number of hydrogen-bond donors (Lipinski definition) is 1. The molecule has 3 rings (SSSR count). The van der Waals surface area contributed by atoms with E-state index in [0.717, 1.165) is 29.5 Å². The Morgan fingerprint density at radius 1 is 0.944 bits per heavy atom. The van der Waals surface area contributed by atoms with Crippen molar-refractivity contribution in [2.45, 2.75) is 52.1 Å². The molecule has 0 aliphatic rings. The molecule has 0 heterocycles. The summed E-state index contributed by atoms with van der Waals surface area (Å²) in [5, 5.41) is 14.5. The van der Waals surface area contributed by atoms with Gasteiger partial charge in [-0.3, -0.25) is 19.7 Å². The average Bonchev–Trinajstić information content (AvgIpc) is 2.88. The zero-order valence-electron chi connectivity index (χ0n) is 20.9. The molecule has 0 saturated heterocycles. The van der Waals surface area contributed by atoms with Crippen molar-refractivity contribution in [3.05, 3.63) is 111 Å². The maximum atomic E-state index is 13.7. The Morgan fingerprint density at radius 3 is 2.28 bits per heavy atom. The normalized spacial score (nSPS) is 11.5. The standard InChI is InChI=1S/C29H33N3O4/c1-3-4-18-30-29(34)27(19-23-10-6-5-7-11-23)31(21-24-16-14-22(2)15-17-24)28(33)20-25-12-8-9-13-26(25)32(35)36/h5-17,27H,3-4,18-21H2,1-2H3,(H,30,34)/t27-/m0/s1. The Labute approximate surface area is 212 Å². The van der Waals surface area contributed by atoms with Gasteiger partial charge in [-0.05, 0) is 24.5 Å². The van der Waals surface area contributed by atoms with Gasteiger partial charge in [-0.15, -0.1) is 0 Å². The summed E-state index contributed by atoms with van der Waals surface area (Å²) < 4.78 is 0. The number of rotatable bonds is 12. The average molecular weight is 488 g/mol. The summed E-state index contributed by atoms with van der Waals surface area (Å²) in [6.07, 6.45) is 1.95. The first kappa shape index (κ1) is 26.6. The van der Waals surface area contributed by atoms with E-state index in [0.29, 0.717) is 18.5 Å². The minimum absolute atomic E-state index is 0.104. The monoisotopic (exact) mass is 487 g/mol. The lowest BCUT2D eigenvalue weighted by molar-refractivity contribution is -0.385. The van der Waals surface area contributed by atoms with Crippen LogP contribution >= 0.6 is 0 Å². The van der Waals surface area contributed by atoms with E-state index in [4.69, 9.17) is 0 Å². The van der Waals surface area contributed by atoms with Crippen molar-refractivity contribution in [2.75, 3.05) is 6.54 Å². The number of nitro groups is 1. The van der Waals surface area contributed by atoms with Crippen LogP contribution in [-0.2, 0) is 29.0 Å². The highest BCUT2D eigenvalue weighted by molar-refractivity contribution is 5.89. The third-order valence-electron chi connectivity index (χ3n) is 6.10. The van der Waals surface area contributed by atoms with Gasteiger partial charge in [0.05, 0.1) is 11.3 Å². The molecule has 188 valence electrons. The lowest BCUT2D eigenvalue weighted by atomic mass is 10.0. The van der Waals surface area contributed by atoms with E-state index in [9.17, 15) is 19.7 Å². The fourth-order valence-corrected chi connectivity index (χ4v) is 4.05. The van der Waals surface area contributed by atoms with Crippen LogP contribution in [0.4, 0.5) is 5.69 Å². The Morgan fingerprint density at radius 2 is 1.61 bits per heavy atom. The van der Waals surface area contributed by atoms with Crippen LogP contribution in [0.25, 0.3) is 0 Å². The van der Waals surface area contributed by atoms with E-state index in [-0.39, 0.29) is 30.5 Å². The lowest BCUT2D eigenvalue weighted by Crippen LogP contribution is -2.51. The van der Waals surface area contributed by atoms with Crippen LogP contribution in [0, 0.1) is 17.0 Å². The van der Waals surface area contributed by atoms with Gasteiger partial charge in [0.25, 0.3) is 5.69 Å². The first-order chi connectivity index (χ1) is 17.4. The molecule has 0 aliphatic carbocycles. The second-order valence-corrected chi connectivity index (χ2v) is 8.92. The Kier molecular flexibility index (Phi) is 9.74. The number of hydrogen-bond acceptors (Lipinski definition) is 4. The number of nitrogens with one attached hydrogen (secondary N) is 1. The molecule has 2 amide bonds. The third-order valence-corrected chi connectivity index (χ3v) is 6.10. The van der Waals surface area contributed by atoms with Gasteiger partial charge in [-0.2, -0.15) is 0 Å². The van der Waals surface area contributed by atoms with Crippen LogP contribution in [0.5, 0.6) is 0 Å². The van der Waals surface area contributed by atoms with Crippen molar-refractivity contribution >= 4 is 17.5 Å². The highest BCUT2D eigenvalue weighted by Crippen LogP contribution is 2.22. The number of nitro benzene ring substituents is 1. The highest BCUT2D eigenvalue weighted by Gasteiger charge is 2.31. The number of unbranched alkanes of at least 4 members (excludes halogenated alkanes) is 1. The Hall–Kier alpha value is -4.00. The molecular weight excluding hydrogens is 454 g/mol. The van der Waals surface area contributed by atoms with Gasteiger partial charge in [0.2, 0.25) is 11.8 Å². The summed E-state index contributed by atoms with van der Waals surface area (Å²) >= 11 is 0. The molecular formula is C29H33N3O4. The van der Waals surface area contributed by atoms with Gasteiger partial charge < -0.3 is 10.2 Å². The topological polar surface area (TPSA) is 92.6 Å². The molecule has 0 aliphatic heterocycles. The molecule has 0 saturated carbocycles. The van der Waals surface area contributed by atoms with E-state index in [2.05, 4.69) is 5.32 Å². The Balaban J connectivity index is 1.98. The molecule has 0 bridgehead atoms. The van der Waals surface area contributed by atoms with Crippen molar-refractivity contribution in [3.63, 3.8) is 0 Å². The highest BCUT2D eigenvalue weighted by atomic mass is 16.6. The molecule has 7 heteroatoms. The van der Waals surface area contributed by atoms with E-state index >= 15 is 0 Å². The van der Waals surface area contributed by atoms with Gasteiger partial charge in [0.15, 0.2) is 0 Å². The van der Waals surface area contributed by atoms with Crippen LogP contribution < -0.4 is 5.32 Å². The first-order valence-corrected chi connectivity index (χ1v) is 12.3. The second kappa shape index (κ2) is 13.2. The SMILES string of the molecule is CCCCNC(=O)[C@H](Cc1ccccc1)N(Cc1ccc(C)cc1)C(=O)Cc1ccccc1[N+](=O)[O-]. The van der Waals surface area contributed by atoms with Crippen molar-refractivity contribution in [1.82, 2.24) is 10.2 Å². The van der Waals surface area contributed by atoms with Crippen LogP contribution in [0.1, 0.15) is 42.0 Å². The van der Waals surface area contributed by atoms with Gasteiger partial charge in [-0.25, -0.2) is 0 Å². The fraction of sp³-hybridized carbons (Fsp3) is 0.310. The molecule has 0 aromatic heterocycles. The summed E-state index contributed by atoms with van der Waals surface area (Å²) in [7, 11) is 0. The zero-order chi connectivity index (χ0) is 25.9. The summed E-state index contributed by atoms with van der Waals surface area (Å²) in [4.78, 5) is 39.8. The predicted molar refractivity (Wildman–Crippen MR) is 140 cm³/mol. The molecule has 1 atom stereocenters. The summed E-state index contributed by atoms with van der Waals surface area (Å²) in [5.41, 5.74) is 3.13. The maximum absolute atomic E-state index is 13.7. The quantitative estimate of drug-likeness (QED) is 0.221. The molecule has 0 spiro atoms. The molecule has 7 nitrogen and oxygen atoms in total. The van der Waals surface area contributed by atoms with E-state index in [1.807, 2.05) is 68.4 Å². The van der Waals surface area contributed by atoms with Crippen molar-refractivity contribution < 1.29 is 14.5 Å². The first-order valence-electron chi connectivity index (χ1n) is 12.3. The molecule has 3 aromatic rings. The number of para-hydroxylation sites is 1. The van der Waals surface area contributed by atoms with Crippen molar-refractivity contribution in [2.24, 2.45) is 0 Å². The molecule has 3 aromatic carbocycles. The van der Waals surface area contributed by atoms with Gasteiger partial charge >= 0.3 is 0 Å². The van der Waals surface area contributed by atoms with Crippen LogP contribution in [0.15, 0.2) is 78.9 Å². The summed E-state index contributed by atoms with van der Waals surface area (Å²) in [6.45, 7) is 4.78. The van der Waals surface area contributed by atoms with Gasteiger partial charge in [-0.1, -0.05) is 91.7 Å². The van der Waals surface area contributed by atoms with Crippen LogP contribution in [0.3, 0.4) is 0 Å². The van der Waals surface area contributed by atoms with E-state index in [1.165, 1.54) is 6.07 Å². The molecule has 0 radical (unpaired) electrons. The number of carbonyl (C=O) groups excluding carboxylic acids is 2. The van der Waals surface area contributed by atoms with Crippen LogP contribution in [-0.4, -0.2) is 34.2 Å². The smallest absolute Gasteiger partial charge is 0.273 e. The molecule has 1 N–H and O–H groups in total. The zero-order valence-corrected chi connectivity index (χ0v) is 20.9. The minimum Gasteiger partial charge on any atom is -0.354 e. The minimum atomic E-state index is -0.763. The van der Waals surface area contributed by atoms with Gasteiger partial charge in [0.1, 0.15) is 6.04 Å². The molecule has 0 fully saturated rings. The Bertz CT molecular complexity index is 1160. The number of benzene rings is 3. The lowest BCUT2D eigenvalue weighted by Gasteiger charge is -2.31. The summed E-state index contributed by atoms with van der Waals surface area (Å²) in [5.74, 6) is -0.563. The van der Waals surface area contributed by atoms with Crippen molar-refractivity contribution in [1.29, 1.82) is 0 Å². The predicted octanol–water partition coefficient (Wildman–Crippen LogP) is 5.00. The van der Waals surface area contributed by atoms with Crippen LogP contribution in [0.2, 0.25) is 0 Å². The second-order valence-electron chi connectivity index (χ2n) is 8.92. The largest absolute Gasteiger partial charge is 0.354 e. The number of nitrogens with zero attached hydrogens (tertiary/aromatic N) is 2. The molecule has 36 heavy (non-hydrogen) atoms. The number of carbonyl (C=O) groups is 2. The summed E-state index contributed by atoms with van der Waals surface area (Å²) in [6, 6.07) is 22.9. The third kappa shape index (κ3) is 7.50. The van der Waals surface area contributed by atoms with E-state index < -0.39 is 11.0 Å². The van der Waals surface area contributed by atoms with Crippen molar-refractivity contribution in [3.8, 4) is 0 Å². The molecule has 0 unspecified atom stereocenters. The number of amides is 2.